The van der Waals surface area contributed by atoms with Gasteiger partial charge in [0.2, 0.25) is 0 Å². The molecule has 0 spiro atoms. The maximum Gasteiger partial charge on any atom is 0.258 e. The molecule has 21 heavy (non-hydrogen) atoms. The molecule has 0 unspecified atom stereocenters. The van der Waals surface area contributed by atoms with E-state index in [1.54, 1.807) is 42.5 Å². The fraction of sp³-hybridized carbons (Fsp3) is 0. The molecule has 2 aromatic carbocycles. The van der Waals surface area contributed by atoms with Crippen LogP contribution in [0.4, 0.5) is 5.69 Å². The molecule has 0 saturated carbocycles. The monoisotopic (exact) mass is 359 g/mol. The van der Waals surface area contributed by atoms with Gasteiger partial charge in [-0.3, -0.25) is 10.1 Å². The third-order valence-corrected chi connectivity index (χ3v) is 3.49. The van der Waals surface area contributed by atoms with Crippen molar-refractivity contribution < 1.29 is 4.79 Å². The Labute approximate surface area is 135 Å². The number of carbonyl (C=O) groups excluding carboxylic acids is 1. The standard InChI is InChI=1S/C15H10BrN3OS/c16-13-7-2-1-6-12(13)14(20)19-15(21)18-11-5-3-4-10(8-11)9-17/h1-8H,(H2,18,19,20,21). The molecule has 0 saturated heterocycles. The van der Waals surface area contributed by atoms with Crippen molar-refractivity contribution in [3.05, 3.63) is 64.1 Å². The van der Waals surface area contributed by atoms with Crippen molar-refractivity contribution in [2.75, 3.05) is 5.32 Å². The summed E-state index contributed by atoms with van der Waals surface area (Å²) >= 11 is 8.41. The molecule has 0 atom stereocenters. The van der Waals surface area contributed by atoms with Crippen LogP contribution in [0.25, 0.3) is 0 Å². The van der Waals surface area contributed by atoms with Gasteiger partial charge in [0.25, 0.3) is 5.91 Å². The Kier molecular flexibility index (Phi) is 5.04. The maximum absolute atomic E-state index is 12.1. The van der Waals surface area contributed by atoms with Crippen LogP contribution in [0.15, 0.2) is 53.0 Å². The normalized spacial score (nSPS) is 9.52. The summed E-state index contributed by atoms with van der Waals surface area (Å²) in [5.74, 6) is -0.309. The Bertz CT molecular complexity index is 740. The Morgan fingerprint density at radius 3 is 2.67 bits per heavy atom. The van der Waals surface area contributed by atoms with E-state index in [2.05, 4.69) is 26.6 Å². The lowest BCUT2D eigenvalue weighted by molar-refractivity contribution is 0.0977. The first kappa shape index (κ1) is 15.2. The van der Waals surface area contributed by atoms with E-state index in [1.807, 2.05) is 12.1 Å². The summed E-state index contributed by atoms with van der Waals surface area (Å²) in [4.78, 5) is 12.1. The van der Waals surface area contributed by atoms with Crippen LogP contribution in [0.5, 0.6) is 0 Å². The molecule has 0 aliphatic carbocycles. The molecule has 6 heteroatoms. The molecule has 0 aliphatic heterocycles. The zero-order valence-corrected chi connectivity index (χ0v) is 13.2. The molecule has 0 bridgehead atoms. The predicted molar refractivity (Wildman–Crippen MR) is 89.0 cm³/mol. The third-order valence-electron chi connectivity index (χ3n) is 2.60. The highest BCUT2D eigenvalue weighted by atomic mass is 79.9. The van der Waals surface area contributed by atoms with Gasteiger partial charge < -0.3 is 5.32 Å². The molecule has 0 aromatic heterocycles. The van der Waals surface area contributed by atoms with Crippen LogP contribution in [-0.2, 0) is 0 Å². The van der Waals surface area contributed by atoms with Gasteiger partial charge in [-0.05, 0) is 58.5 Å². The van der Waals surface area contributed by atoms with Crippen LogP contribution in [0.2, 0.25) is 0 Å². The summed E-state index contributed by atoms with van der Waals surface area (Å²) in [6.45, 7) is 0. The maximum atomic E-state index is 12.1. The lowest BCUT2D eigenvalue weighted by atomic mass is 10.2. The fourth-order valence-electron chi connectivity index (χ4n) is 1.64. The van der Waals surface area contributed by atoms with Crippen LogP contribution in [0.1, 0.15) is 15.9 Å². The fourth-order valence-corrected chi connectivity index (χ4v) is 2.32. The molecule has 0 aliphatic rings. The van der Waals surface area contributed by atoms with Gasteiger partial charge >= 0.3 is 0 Å². The highest BCUT2D eigenvalue weighted by Crippen LogP contribution is 2.15. The molecule has 2 rings (SSSR count). The topological polar surface area (TPSA) is 64.9 Å². The second-order valence-electron chi connectivity index (χ2n) is 4.08. The lowest BCUT2D eigenvalue weighted by Gasteiger charge is -2.10. The molecule has 0 heterocycles. The smallest absolute Gasteiger partial charge is 0.258 e. The van der Waals surface area contributed by atoms with Gasteiger partial charge in [0.1, 0.15) is 0 Å². The minimum Gasteiger partial charge on any atom is -0.332 e. The van der Waals surface area contributed by atoms with E-state index >= 15 is 0 Å². The molecule has 104 valence electrons. The molecular weight excluding hydrogens is 350 g/mol. The summed E-state index contributed by atoms with van der Waals surface area (Å²) in [7, 11) is 0. The molecule has 0 radical (unpaired) electrons. The van der Waals surface area contributed by atoms with Crippen molar-refractivity contribution >= 4 is 44.9 Å². The Morgan fingerprint density at radius 2 is 1.95 bits per heavy atom. The number of anilines is 1. The van der Waals surface area contributed by atoms with E-state index in [-0.39, 0.29) is 11.0 Å². The first-order chi connectivity index (χ1) is 10.1. The van der Waals surface area contributed by atoms with Crippen molar-refractivity contribution in [1.29, 1.82) is 5.26 Å². The summed E-state index contributed by atoms with van der Waals surface area (Å²) in [6.07, 6.45) is 0. The van der Waals surface area contributed by atoms with Crippen LogP contribution in [0, 0.1) is 11.3 Å². The van der Waals surface area contributed by atoms with E-state index in [0.717, 1.165) is 0 Å². The average molecular weight is 360 g/mol. The van der Waals surface area contributed by atoms with Crippen LogP contribution < -0.4 is 10.6 Å². The zero-order chi connectivity index (χ0) is 15.2. The highest BCUT2D eigenvalue weighted by molar-refractivity contribution is 9.10. The molecule has 2 N–H and O–H groups in total. The van der Waals surface area contributed by atoms with E-state index in [4.69, 9.17) is 17.5 Å². The second kappa shape index (κ2) is 6.97. The number of carbonyl (C=O) groups is 1. The van der Waals surface area contributed by atoms with Crippen molar-refractivity contribution in [3.63, 3.8) is 0 Å². The molecule has 2 aromatic rings. The van der Waals surface area contributed by atoms with E-state index < -0.39 is 0 Å². The number of benzene rings is 2. The van der Waals surface area contributed by atoms with Crippen molar-refractivity contribution in [1.82, 2.24) is 5.32 Å². The third kappa shape index (κ3) is 4.12. The predicted octanol–water partition coefficient (Wildman–Crippen LogP) is 3.45. The van der Waals surface area contributed by atoms with Crippen LogP contribution >= 0.6 is 28.1 Å². The average Bonchev–Trinajstić information content (AvgIpc) is 2.47. The van der Waals surface area contributed by atoms with Gasteiger partial charge in [-0.1, -0.05) is 18.2 Å². The van der Waals surface area contributed by atoms with Gasteiger partial charge in [0, 0.05) is 10.2 Å². The molecule has 0 fully saturated rings. The van der Waals surface area contributed by atoms with Crippen LogP contribution in [-0.4, -0.2) is 11.0 Å². The number of halogens is 1. The van der Waals surface area contributed by atoms with E-state index in [0.29, 0.717) is 21.3 Å². The van der Waals surface area contributed by atoms with Crippen molar-refractivity contribution in [2.24, 2.45) is 0 Å². The van der Waals surface area contributed by atoms with Gasteiger partial charge in [0.15, 0.2) is 5.11 Å². The first-order valence-corrected chi connectivity index (χ1v) is 7.17. The van der Waals surface area contributed by atoms with Crippen molar-refractivity contribution in [3.8, 4) is 6.07 Å². The van der Waals surface area contributed by atoms with Crippen molar-refractivity contribution in [2.45, 2.75) is 0 Å². The minimum absolute atomic E-state index is 0.172. The largest absolute Gasteiger partial charge is 0.332 e. The number of hydrogen-bond donors (Lipinski definition) is 2. The quantitative estimate of drug-likeness (QED) is 0.806. The molecular formula is C15H10BrN3OS. The Morgan fingerprint density at radius 1 is 1.19 bits per heavy atom. The minimum atomic E-state index is -0.309. The summed E-state index contributed by atoms with van der Waals surface area (Å²) in [5.41, 5.74) is 1.65. The number of nitrogens with one attached hydrogen (secondary N) is 2. The summed E-state index contributed by atoms with van der Waals surface area (Å²) in [5, 5.41) is 14.5. The SMILES string of the molecule is N#Cc1cccc(NC(=S)NC(=O)c2ccccc2Br)c1. The van der Waals surface area contributed by atoms with Gasteiger partial charge in [-0.2, -0.15) is 5.26 Å². The number of nitriles is 1. The number of rotatable bonds is 2. The summed E-state index contributed by atoms with van der Waals surface area (Å²) in [6, 6.07) is 15.9. The van der Waals surface area contributed by atoms with Gasteiger partial charge in [-0.25, -0.2) is 0 Å². The zero-order valence-electron chi connectivity index (χ0n) is 10.8. The Balaban J connectivity index is 2.03. The lowest BCUT2D eigenvalue weighted by Crippen LogP contribution is -2.34. The first-order valence-electron chi connectivity index (χ1n) is 5.97. The number of hydrogen-bond acceptors (Lipinski definition) is 3. The number of amides is 1. The van der Waals surface area contributed by atoms with Gasteiger partial charge in [-0.15, -0.1) is 0 Å². The molecule has 1 amide bonds. The van der Waals surface area contributed by atoms with E-state index in [9.17, 15) is 4.79 Å². The highest BCUT2D eigenvalue weighted by Gasteiger charge is 2.10. The van der Waals surface area contributed by atoms with Crippen LogP contribution in [0.3, 0.4) is 0 Å². The number of thiocarbonyl (C=S) groups is 1. The van der Waals surface area contributed by atoms with Gasteiger partial charge in [0.05, 0.1) is 17.2 Å². The Hall–Kier alpha value is -2.23. The second-order valence-corrected chi connectivity index (χ2v) is 5.34. The van der Waals surface area contributed by atoms with E-state index in [1.165, 1.54) is 0 Å². The molecule has 4 nitrogen and oxygen atoms in total. The number of nitrogens with zero attached hydrogens (tertiary/aromatic N) is 1. The summed E-state index contributed by atoms with van der Waals surface area (Å²) < 4.78 is 0.691.